The van der Waals surface area contributed by atoms with E-state index >= 15 is 0 Å². The van der Waals surface area contributed by atoms with Crippen LogP contribution in [0.5, 0.6) is 5.75 Å². The molecule has 31 heavy (non-hydrogen) atoms. The van der Waals surface area contributed by atoms with E-state index in [0.29, 0.717) is 12.2 Å². The van der Waals surface area contributed by atoms with Crippen molar-refractivity contribution >= 4 is 33.2 Å². The van der Waals surface area contributed by atoms with Crippen LogP contribution in [0, 0.1) is 0 Å². The first-order valence-corrected chi connectivity index (χ1v) is 12.1. The number of thioether (sulfide) groups is 1. The van der Waals surface area contributed by atoms with E-state index in [-0.39, 0.29) is 28.0 Å². The van der Waals surface area contributed by atoms with Gasteiger partial charge >= 0.3 is 0 Å². The van der Waals surface area contributed by atoms with Gasteiger partial charge in [-0.3, -0.25) is 4.79 Å². The van der Waals surface area contributed by atoms with Gasteiger partial charge in [0.25, 0.3) is 0 Å². The molecule has 0 aromatic heterocycles. The molecule has 0 heterocycles. The number of carbonyl (C=O) groups excluding carboxylic acids is 1. The van der Waals surface area contributed by atoms with Crippen LogP contribution in [0.15, 0.2) is 93.5 Å². The van der Waals surface area contributed by atoms with Gasteiger partial charge in [0.2, 0.25) is 15.7 Å². The molecular weight excluding hydrogens is 432 g/mol. The van der Waals surface area contributed by atoms with Crippen LogP contribution in [-0.2, 0) is 14.6 Å². The predicted molar refractivity (Wildman–Crippen MR) is 124 cm³/mol. The normalized spacial score (nSPS) is 11.0. The summed E-state index contributed by atoms with van der Waals surface area (Å²) in [5.74, 6) is 0.745. The molecule has 0 bridgehead atoms. The fourth-order valence-corrected chi connectivity index (χ4v) is 5.17. The minimum Gasteiger partial charge on any atom is -0.493 e. The number of carbonyl (C=O) groups is 1. The van der Waals surface area contributed by atoms with Crippen molar-refractivity contribution in [2.75, 3.05) is 31.3 Å². The van der Waals surface area contributed by atoms with Gasteiger partial charge in [-0.2, -0.15) is 0 Å². The minimum absolute atomic E-state index is 0.00119. The average molecular weight is 457 g/mol. The van der Waals surface area contributed by atoms with Gasteiger partial charge < -0.3 is 15.4 Å². The second-order valence-electron chi connectivity index (χ2n) is 6.52. The lowest BCUT2D eigenvalue weighted by molar-refractivity contribution is -0.119. The largest absolute Gasteiger partial charge is 0.493 e. The molecule has 0 aliphatic carbocycles. The van der Waals surface area contributed by atoms with Gasteiger partial charge in [0.1, 0.15) is 4.90 Å². The van der Waals surface area contributed by atoms with Crippen LogP contribution in [0.25, 0.3) is 0 Å². The van der Waals surface area contributed by atoms with Gasteiger partial charge in [0, 0.05) is 17.2 Å². The lowest BCUT2D eigenvalue weighted by atomic mass is 10.3. The van der Waals surface area contributed by atoms with Gasteiger partial charge in [-0.05, 0) is 36.4 Å². The molecular formula is C23H24N2O4S2. The number of sulfone groups is 1. The smallest absolute Gasteiger partial charge is 0.239 e. The van der Waals surface area contributed by atoms with Crippen molar-refractivity contribution in [3.8, 4) is 5.75 Å². The maximum Gasteiger partial charge on any atom is 0.239 e. The maximum absolute atomic E-state index is 13.0. The van der Waals surface area contributed by atoms with Crippen LogP contribution in [0.2, 0.25) is 0 Å². The Morgan fingerprint density at radius 3 is 2.29 bits per heavy atom. The van der Waals surface area contributed by atoms with E-state index in [1.165, 1.54) is 25.3 Å². The molecule has 6 nitrogen and oxygen atoms in total. The Kier molecular flexibility index (Phi) is 7.97. The number of para-hydroxylation sites is 1. The SMILES string of the molecule is COc1c(NCC(=O)NCCSc2ccccc2)cccc1S(=O)(=O)c1ccccc1. The Bertz CT molecular complexity index is 1100. The summed E-state index contributed by atoms with van der Waals surface area (Å²) in [6, 6.07) is 22.9. The molecule has 1 amide bonds. The molecule has 162 valence electrons. The zero-order valence-corrected chi connectivity index (χ0v) is 18.7. The highest BCUT2D eigenvalue weighted by Gasteiger charge is 2.24. The Balaban J connectivity index is 1.60. The second kappa shape index (κ2) is 10.9. The summed E-state index contributed by atoms with van der Waals surface area (Å²) in [4.78, 5) is 13.6. The van der Waals surface area contributed by atoms with Crippen molar-refractivity contribution in [1.29, 1.82) is 0 Å². The van der Waals surface area contributed by atoms with Crippen LogP contribution in [-0.4, -0.2) is 40.3 Å². The van der Waals surface area contributed by atoms with Crippen molar-refractivity contribution < 1.29 is 17.9 Å². The number of nitrogens with one attached hydrogen (secondary N) is 2. The van der Waals surface area contributed by atoms with Crippen molar-refractivity contribution in [2.45, 2.75) is 14.7 Å². The van der Waals surface area contributed by atoms with E-state index in [1.807, 2.05) is 30.3 Å². The maximum atomic E-state index is 13.0. The summed E-state index contributed by atoms with van der Waals surface area (Å²) in [6.45, 7) is 0.529. The number of anilines is 1. The molecule has 0 aliphatic heterocycles. The summed E-state index contributed by atoms with van der Waals surface area (Å²) in [5.41, 5.74) is 0.438. The summed E-state index contributed by atoms with van der Waals surface area (Å²) < 4.78 is 31.4. The molecule has 3 aromatic rings. The lowest BCUT2D eigenvalue weighted by Gasteiger charge is -2.15. The molecule has 0 saturated heterocycles. The molecule has 8 heteroatoms. The van der Waals surface area contributed by atoms with E-state index in [2.05, 4.69) is 10.6 Å². The van der Waals surface area contributed by atoms with Gasteiger partial charge in [0.15, 0.2) is 5.75 Å². The highest BCUT2D eigenvalue weighted by molar-refractivity contribution is 7.99. The summed E-state index contributed by atoms with van der Waals surface area (Å²) in [5, 5.41) is 5.83. The third-order valence-corrected chi connectivity index (χ3v) is 7.21. The molecule has 2 N–H and O–H groups in total. The number of methoxy groups -OCH3 is 1. The molecule has 3 aromatic carbocycles. The number of rotatable bonds is 10. The highest BCUT2D eigenvalue weighted by atomic mass is 32.2. The number of benzene rings is 3. The van der Waals surface area contributed by atoms with Gasteiger partial charge in [0.05, 0.1) is 24.2 Å². The van der Waals surface area contributed by atoms with E-state index in [9.17, 15) is 13.2 Å². The standard InChI is InChI=1S/C23H24N2O4S2/c1-29-23-20(13-8-14-21(23)31(27,28)19-11-6-3-7-12-19)25-17-22(26)24-15-16-30-18-9-4-2-5-10-18/h2-14,25H,15-17H2,1H3,(H,24,26). The number of hydrogen-bond donors (Lipinski definition) is 2. The predicted octanol–water partition coefficient (Wildman–Crippen LogP) is 3.85. The topological polar surface area (TPSA) is 84.5 Å². The summed E-state index contributed by atoms with van der Waals surface area (Å²) >= 11 is 1.66. The molecule has 0 atom stereocenters. The van der Waals surface area contributed by atoms with Crippen molar-refractivity contribution in [3.63, 3.8) is 0 Å². The Morgan fingerprint density at radius 2 is 1.61 bits per heavy atom. The van der Waals surface area contributed by atoms with Crippen molar-refractivity contribution in [3.05, 3.63) is 78.9 Å². The third kappa shape index (κ3) is 6.02. The minimum atomic E-state index is -3.76. The summed E-state index contributed by atoms with van der Waals surface area (Å²) in [7, 11) is -2.35. The van der Waals surface area contributed by atoms with Crippen molar-refractivity contribution in [1.82, 2.24) is 5.32 Å². The molecule has 0 saturated carbocycles. The molecule has 0 unspecified atom stereocenters. The highest BCUT2D eigenvalue weighted by Crippen LogP contribution is 2.35. The zero-order valence-electron chi connectivity index (χ0n) is 17.1. The van der Waals surface area contributed by atoms with Crippen LogP contribution >= 0.6 is 11.8 Å². The third-order valence-electron chi connectivity index (χ3n) is 4.40. The Morgan fingerprint density at radius 1 is 0.935 bits per heavy atom. The second-order valence-corrected chi connectivity index (χ2v) is 9.60. The van der Waals surface area contributed by atoms with Crippen LogP contribution < -0.4 is 15.4 Å². The van der Waals surface area contributed by atoms with E-state index in [1.54, 1.807) is 42.1 Å². The number of amides is 1. The first-order chi connectivity index (χ1) is 15.0. The molecule has 0 spiro atoms. The van der Waals surface area contributed by atoms with E-state index in [4.69, 9.17) is 4.74 Å². The Labute approximate surface area is 186 Å². The van der Waals surface area contributed by atoms with Crippen molar-refractivity contribution in [2.24, 2.45) is 0 Å². The molecule has 3 rings (SSSR count). The molecule has 0 aliphatic rings. The average Bonchev–Trinajstić information content (AvgIpc) is 2.81. The lowest BCUT2D eigenvalue weighted by Crippen LogP contribution is -2.31. The fourth-order valence-electron chi connectivity index (χ4n) is 2.92. The zero-order chi connectivity index (χ0) is 22.1. The molecule has 0 fully saturated rings. The quantitative estimate of drug-likeness (QED) is 0.356. The summed E-state index contributed by atoms with van der Waals surface area (Å²) in [6.07, 6.45) is 0. The van der Waals surface area contributed by atoms with Gasteiger partial charge in [-0.15, -0.1) is 11.8 Å². The van der Waals surface area contributed by atoms with E-state index < -0.39 is 9.84 Å². The van der Waals surface area contributed by atoms with Crippen LogP contribution in [0.3, 0.4) is 0 Å². The van der Waals surface area contributed by atoms with Crippen LogP contribution in [0.1, 0.15) is 0 Å². The number of ether oxygens (including phenoxy) is 1. The fraction of sp³-hybridized carbons (Fsp3) is 0.174. The van der Waals surface area contributed by atoms with Gasteiger partial charge in [-0.25, -0.2) is 8.42 Å². The van der Waals surface area contributed by atoms with Gasteiger partial charge in [-0.1, -0.05) is 42.5 Å². The first kappa shape index (κ1) is 22.7. The molecule has 0 radical (unpaired) electrons. The number of hydrogen-bond acceptors (Lipinski definition) is 6. The monoisotopic (exact) mass is 456 g/mol. The Hall–Kier alpha value is -2.97. The van der Waals surface area contributed by atoms with Crippen LogP contribution in [0.4, 0.5) is 5.69 Å². The first-order valence-electron chi connectivity index (χ1n) is 9.68. The van der Waals surface area contributed by atoms with E-state index in [0.717, 1.165) is 10.6 Å².